The molecule has 0 aromatic rings. The van der Waals surface area contributed by atoms with Crippen LogP contribution in [0.1, 0.15) is 136 Å². The number of carboxylic acid groups (broad SMARTS) is 1. The van der Waals surface area contributed by atoms with Crippen LogP contribution >= 0.6 is 7.82 Å². The van der Waals surface area contributed by atoms with Crippen molar-refractivity contribution in [1.82, 2.24) is 0 Å². The molecular weight excluding hydrogens is 773 g/mol. The molecule has 59 heavy (non-hydrogen) atoms. The van der Waals surface area contributed by atoms with E-state index >= 15 is 0 Å². The van der Waals surface area contributed by atoms with Gasteiger partial charge in [0, 0.05) is 12.8 Å². The van der Waals surface area contributed by atoms with Gasteiger partial charge in [-0.2, -0.15) is 0 Å². The van der Waals surface area contributed by atoms with Crippen LogP contribution in [0.25, 0.3) is 0 Å². The number of unbranched alkanes of at least 4 members (excludes halogenated alkanes) is 8. The zero-order valence-corrected chi connectivity index (χ0v) is 36.6. The van der Waals surface area contributed by atoms with Gasteiger partial charge in [-0.15, -0.1) is 0 Å². The van der Waals surface area contributed by atoms with Crippen LogP contribution in [0.2, 0.25) is 0 Å². The lowest BCUT2D eigenvalue weighted by molar-refractivity contribution is -0.161. The summed E-state index contributed by atoms with van der Waals surface area (Å²) in [5.41, 5.74) is 5.32. The SMILES string of the molecule is CC/C=C\C/C=C\C/C=C\C/C=C\CCCCCCC(=O)OC[C@H](COP(=O)(O)OC[C@H](N)C(=O)O)OC(=O)CCC/C=C/C/C=C\C[C@@H](O)/C=C\C=C/CCCCC. The second-order valence-electron chi connectivity index (χ2n) is 13.9. The van der Waals surface area contributed by atoms with Gasteiger partial charge >= 0.3 is 25.7 Å². The van der Waals surface area contributed by atoms with Gasteiger partial charge in [0.05, 0.1) is 19.3 Å². The second kappa shape index (κ2) is 39.8. The van der Waals surface area contributed by atoms with Gasteiger partial charge in [-0.25, -0.2) is 4.57 Å². The minimum absolute atomic E-state index is 0.0396. The van der Waals surface area contributed by atoms with Crippen molar-refractivity contribution in [1.29, 1.82) is 0 Å². The maximum Gasteiger partial charge on any atom is 0.472 e. The second-order valence-corrected chi connectivity index (χ2v) is 15.4. The van der Waals surface area contributed by atoms with E-state index in [0.29, 0.717) is 32.1 Å². The Labute approximate surface area is 354 Å². The first-order valence-electron chi connectivity index (χ1n) is 21.4. The lowest BCUT2D eigenvalue weighted by atomic mass is 10.1. The number of carbonyl (C=O) groups is 3. The summed E-state index contributed by atoms with van der Waals surface area (Å²) in [5.74, 6) is -2.55. The van der Waals surface area contributed by atoms with Crippen molar-refractivity contribution in [2.45, 2.75) is 154 Å². The highest BCUT2D eigenvalue weighted by Crippen LogP contribution is 2.43. The van der Waals surface area contributed by atoms with Crippen LogP contribution in [-0.2, 0) is 37.5 Å². The number of hydrogen-bond acceptors (Lipinski definition) is 10. The van der Waals surface area contributed by atoms with Gasteiger partial charge in [0.1, 0.15) is 12.6 Å². The summed E-state index contributed by atoms with van der Waals surface area (Å²) in [6.45, 7) is 2.47. The molecule has 0 saturated heterocycles. The summed E-state index contributed by atoms with van der Waals surface area (Å²) in [6.07, 6.45) is 46.4. The summed E-state index contributed by atoms with van der Waals surface area (Å²) in [5, 5.41) is 19.0. The molecule has 0 spiro atoms. The van der Waals surface area contributed by atoms with Gasteiger partial charge in [0.15, 0.2) is 6.10 Å². The largest absolute Gasteiger partial charge is 0.480 e. The monoisotopic (exact) mass is 847 g/mol. The number of nitrogens with two attached hydrogens (primary N) is 1. The Bertz CT molecular complexity index is 1380. The quantitative estimate of drug-likeness (QED) is 0.0151. The van der Waals surface area contributed by atoms with E-state index in [2.05, 4.69) is 73.1 Å². The molecule has 0 aliphatic rings. The first-order chi connectivity index (χ1) is 28.5. The fraction of sp³-hybridized carbons (Fsp3) is 0.587. The van der Waals surface area contributed by atoms with Gasteiger partial charge in [-0.1, -0.05) is 137 Å². The van der Waals surface area contributed by atoms with E-state index in [1.807, 2.05) is 36.5 Å². The van der Waals surface area contributed by atoms with E-state index in [0.717, 1.165) is 57.8 Å². The number of ether oxygens (including phenoxy) is 2. The van der Waals surface area contributed by atoms with Crippen LogP contribution in [0.3, 0.4) is 0 Å². The number of carboxylic acids is 1. The number of phosphoric ester groups is 1. The van der Waals surface area contributed by atoms with Gasteiger partial charge in [-0.3, -0.25) is 23.4 Å². The third kappa shape index (κ3) is 39.6. The van der Waals surface area contributed by atoms with Crippen LogP contribution in [0.4, 0.5) is 0 Å². The summed E-state index contributed by atoms with van der Waals surface area (Å²) in [7, 11) is -4.76. The van der Waals surface area contributed by atoms with Gasteiger partial charge in [-0.05, 0) is 83.5 Å². The molecule has 0 aromatic carbocycles. The molecule has 0 aliphatic carbocycles. The molecule has 0 aliphatic heterocycles. The van der Waals surface area contributed by atoms with Crippen LogP contribution in [0, 0.1) is 0 Å². The minimum Gasteiger partial charge on any atom is -0.480 e. The van der Waals surface area contributed by atoms with Crippen molar-refractivity contribution in [2.24, 2.45) is 5.73 Å². The summed E-state index contributed by atoms with van der Waals surface area (Å²) >= 11 is 0. The molecule has 12 nitrogen and oxygen atoms in total. The van der Waals surface area contributed by atoms with Gasteiger partial charge in [0.2, 0.25) is 0 Å². The molecule has 0 heterocycles. The normalized spacial score (nSPS) is 15.2. The number of allylic oxidation sites excluding steroid dienone is 14. The fourth-order valence-corrected chi connectivity index (χ4v) is 5.79. The van der Waals surface area contributed by atoms with E-state index in [4.69, 9.17) is 24.8 Å². The summed E-state index contributed by atoms with van der Waals surface area (Å²) < 4.78 is 32.6. The molecule has 4 atom stereocenters. The molecule has 13 heteroatoms. The Morgan fingerprint density at radius 2 is 1.17 bits per heavy atom. The maximum absolute atomic E-state index is 12.6. The van der Waals surface area contributed by atoms with Crippen molar-refractivity contribution in [3.05, 3.63) is 97.2 Å². The molecule has 334 valence electrons. The first-order valence-corrected chi connectivity index (χ1v) is 22.9. The van der Waals surface area contributed by atoms with Crippen LogP contribution < -0.4 is 5.73 Å². The average Bonchev–Trinajstić information content (AvgIpc) is 3.21. The van der Waals surface area contributed by atoms with E-state index in [1.54, 1.807) is 6.08 Å². The maximum atomic E-state index is 12.6. The minimum atomic E-state index is -4.76. The zero-order valence-electron chi connectivity index (χ0n) is 35.7. The highest BCUT2D eigenvalue weighted by molar-refractivity contribution is 7.47. The van der Waals surface area contributed by atoms with E-state index in [1.165, 1.54) is 19.3 Å². The molecule has 5 N–H and O–H groups in total. The molecule has 0 amide bonds. The van der Waals surface area contributed by atoms with Gasteiger partial charge in [0.25, 0.3) is 0 Å². The smallest absolute Gasteiger partial charge is 0.472 e. The van der Waals surface area contributed by atoms with Crippen molar-refractivity contribution >= 4 is 25.7 Å². The topological polar surface area (TPSA) is 192 Å². The molecule has 0 rings (SSSR count). The van der Waals surface area contributed by atoms with Gasteiger partial charge < -0.3 is 30.3 Å². The van der Waals surface area contributed by atoms with Crippen molar-refractivity contribution < 1.29 is 52.6 Å². The Kier molecular flexibility index (Phi) is 37.3. The molecule has 0 fully saturated rings. The van der Waals surface area contributed by atoms with Crippen molar-refractivity contribution in [2.75, 3.05) is 19.8 Å². The Morgan fingerprint density at radius 3 is 1.81 bits per heavy atom. The third-order valence-corrected chi connectivity index (χ3v) is 9.35. The van der Waals surface area contributed by atoms with E-state index < -0.39 is 63.8 Å². The number of hydrogen-bond donors (Lipinski definition) is 4. The molecule has 0 bridgehead atoms. The Balaban J connectivity index is 4.60. The van der Waals surface area contributed by atoms with Crippen LogP contribution in [0.15, 0.2) is 97.2 Å². The number of esters is 2. The number of aliphatic hydroxyl groups excluding tert-OH is 1. The molecule has 0 saturated carbocycles. The number of rotatable bonds is 38. The standard InChI is InChI=1S/C46H74NO11P/c1-3-5-7-9-11-12-13-14-15-16-17-18-19-20-24-28-32-36-44(49)55-38-42(39-56-59(53,54)57-40-43(47)46(51)52)58-45(50)37-33-29-25-21-23-27-31-35-41(48)34-30-26-22-10-8-6-4-2/h5,7,11-12,14-15,17-18,21-22,25-27,30-31,34,41-43,48H,3-4,6,8-10,13,16,19-20,23-24,28-29,32-33,35-40,47H2,1-2H3,(H,51,52)(H,53,54)/b7-5-,12-11-,15-14-,18-17-,25-21+,26-22-,31-27-,34-30-/t41-,42+,43-/m0/s1. The lowest BCUT2D eigenvalue weighted by Gasteiger charge is -2.20. The van der Waals surface area contributed by atoms with Crippen molar-refractivity contribution in [3.8, 4) is 0 Å². The number of aliphatic hydroxyl groups is 1. The van der Waals surface area contributed by atoms with Crippen LogP contribution in [0.5, 0.6) is 0 Å². The zero-order chi connectivity index (χ0) is 43.7. The molecule has 1 unspecified atom stereocenters. The molecule has 0 radical (unpaired) electrons. The summed E-state index contributed by atoms with van der Waals surface area (Å²) in [6, 6.07) is -1.55. The number of aliphatic carboxylic acids is 1. The molecule has 0 aromatic heterocycles. The average molecular weight is 848 g/mol. The van der Waals surface area contributed by atoms with E-state index in [9.17, 15) is 28.9 Å². The van der Waals surface area contributed by atoms with Crippen LogP contribution in [-0.4, -0.2) is 71.1 Å². The number of carbonyl (C=O) groups excluding carboxylic acids is 2. The first kappa shape index (κ1) is 55.4. The Morgan fingerprint density at radius 1 is 0.627 bits per heavy atom. The highest BCUT2D eigenvalue weighted by Gasteiger charge is 2.28. The highest BCUT2D eigenvalue weighted by atomic mass is 31.2. The van der Waals surface area contributed by atoms with Crippen molar-refractivity contribution in [3.63, 3.8) is 0 Å². The fourth-order valence-electron chi connectivity index (χ4n) is 5.01. The lowest BCUT2D eigenvalue weighted by Crippen LogP contribution is -2.34. The predicted molar refractivity (Wildman–Crippen MR) is 236 cm³/mol. The Hall–Kier alpha value is -3.64. The predicted octanol–water partition coefficient (Wildman–Crippen LogP) is 10.2. The number of phosphoric acid groups is 1. The van der Waals surface area contributed by atoms with E-state index in [-0.39, 0.29) is 12.8 Å². The molecular formula is C46H74NO11P. The third-order valence-electron chi connectivity index (χ3n) is 8.40. The summed E-state index contributed by atoms with van der Waals surface area (Å²) in [4.78, 5) is 45.9.